The predicted octanol–water partition coefficient (Wildman–Crippen LogP) is 4.18. The molecular formula is C21H35IN4O. The molecule has 0 radical (unpaired) electrons. The number of guanidine groups is 1. The average molecular weight is 486 g/mol. The fourth-order valence-electron chi connectivity index (χ4n) is 3.13. The Hall–Kier alpha value is -1.31. The largest absolute Gasteiger partial charge is 0.357 e. The van der Waals surface area contributed by atoms with Gasteiger partial charge in [0, 0.05) is 31.7 Å². The van der Waals surface area contributed by atoms with Crippen molar-refractivity contribution in [2.45, 2.75) is 58.9 Å². The van der Waals surface area contributed by atoms with Crippen LogP contribution in [0.2, 0.25) is 0 Å². The van der Waals surface area contributed by atoms with Crippen molar-refractivity contribution >= 4 is 35.8 Å². The molecule has 0 atom stereocenters. The summed E-state index contributed by atoms with van der Waals surface area (Å²) in [5.41, 5.74) is 1.90. The van der Waals surface area contributed by atoms with Crippen LogP contribution >= 0.6 is 24.0 Å². The number of nitrogens with one attached hydrogen (secondary N) is 2. The molecule has 0 unspecified atom stereocenters. The molecule has 2 rings (SSSR count). The minimum Gasteiger partial charge on any atom is -0.357 e. The van der Waals surface area contributed by atoms with Crippen molar-refractivity contribution < 1.29 is 4.79 Å². The summed E-state index contributed by atoms with van der Waals surface area (Å²) in [6.45, 7) is 8.47. The van der Waals surface area contributed by atoms with E-state index in [2.05, 4.69) is 29.5 Å². The lowest BCUT2D eigenvalue weighted by molar-refractivity contribution is 0.0724. The van der Waals surface area contributed by atoms with Crippen LogP contribution in [0.15, 0.2) is 29.3 Å². The number of aliphatic imine (C=N–C) groups is 1. The number of piperidine rings is 1. The fourth-order valence-corrected chi connectivity index (χ4v) is 3.13. The summed E-state index contributed by atoms with van der Waals surface area (Å²) in [6.07, 6.45) is 7.10. The number of amides is 1. The second kappa shape index (κ2) is 13.8. The number of benzene rings is 1. The lowest BCUT2D eigenvalue weighted by Crippen LogP contribution is -2.37. The molecule has 0 aliphatic carbocycles. The molecule has 0 aromatic heterocycles. The van der Waals surface area contributed by atoms with E-state index in [9.17, 15) is 4.79 Å². The smallest absolute Gasteiger partial charge is 0.253 e. The van der Waals surface area contributed by atoms with E-state index >= 15 is 0 Å². The van der Waals surface area contributed by atoms with Crippen molar-refractivity contribution in [3.8, 4) is 0 Å². The van der Waals surface area contributed by atoms with Gasteiger partial charge in [0.05, 0.1) is 6.54 Å². The number of likely N-dealkylation sites (tertiary alicyclic amines) is 1. The lowest BCUT2D eigenvalue weighted by Gasteiger charge is -2.26. The van der Waals surface area contributed by atoms with Gasteiger partial charge in [0.2, 0.25) is 0 Å². The topological polar surface area (TPSA) is 56.7 Å². The number of halogens is 1. The second-order valence-corrected chi connectivity index (χ2v) is 6.88. The van der Waals surface area contributed by atoms with E-state index < -0.39 is 0 Å². The van der Waals surface area contributed by atoms with Gasteiger partial charge in [0.15, 0.2) is 5.96 Å². The van der Waals surface area contributed by atoms with Crippen molar-refractivity contribution in [1.29, 1.82) is 0 Å². The summed E-state index contributed by atoms with van der Waals surface area (Å²) in [5, 5.41) is 6.66. The molecule has 1 amide bonds. The molecule has 6 heteroatoms. The van der Waals surface area contributed by atoms with Crippen molar-refractivity contribution in [1.82, 2.24) is 15.5 Å². The first-order valence-corrected chi connectivity index (χ1v) is 10.1. The molecule has 5 nitrogen and oxygen atoms in total. The molecule has 1 fully saturated rings. The Morgan fingerprint density at radius 2 is 1.74 bits per heavy atom. The standard InChI is InChI=1S/C21H34N4O.HI/c1-3-5-7-14-23-21(22-4-2)24-17-18-10-12-19(13-11-18)20(26)25-15-8-6-9-16-25;/h10-13H,3-9,14-17H2,1-2H3,(H2,22,23,24);1H. The molecule has 0 bridgehead atoms. The minimum absolute atomic E-state index is 0. The van der Waals surface area contributed by atoms with Crippen LogP contribution in [0.3, 0.4) is 0 Å². The second-order valence-electron chi connectivity index (χ2n) is 6.88. The zero-order valence-corrected chi connectivity index (χ0v) is 19.1. The van der Waals surface area contributed by atoms with E-state index in [-0.39, 0.29) is 29.9 Å². The van der Waals surface area contributed by atoms with Crippen LogP contribution in [0.5, 0.6) is 0 Å². The zero-order chi connectivity index (χ0) is 18.6. The van der Waals surface area contributed by atoms with Crippen LogP contribution in [0.25, 0.3) is 0 Å². The highest BCUT2D eigenvalue weighted by Gasteiger charge is 2.17. The lowest BCUT2D eigenvalue weighted by atomic mass is 10.1. The number of carbonyl (C=O) groups excluding carboxylic acids is 1. The van der Waals surface area contributed by atoms with Gasteiger partial charge in [-0.1, -0.05) is 31.9 Å². The number of rotatable bonds is 8. The van der Waals surface area contributed by atoms with E-state index in [0.29, 0.717) is 6.54 Å². The van der Waals surface area contributed by atoms with Gasteiger partial charge in [-0.15, -0.1) is 24.0 Å². The van der Waals surface area contributed by atoms with Crippen molar-refractivity contribution in [2.75, 3.05) is 26.2 Å². The summed E-state index contributed by atoms with van der Waals surface area (Å²) >= 11 is 0. The third-order valence-corrected chi connectivity index (χ3v) is 4.68. The summed E-state index contributed by atoms with van der Waals surface area (Å²) in [6, 6.07) is 7.90. The Balaban J connectivity index is 0.00000364. The Bertz CT molecular complexity index is 568. The van der Waals surface area contributed by atoms with Crippen LogP contribution < -0.4 is 10.6 Å². The predicted molar refractivity (Wildman–Crippen MR) is 124 cm³/mol. The first-order chi connectivity index (χ1) is 12.7. The van der Waals surface area contributed by atoms with E-state index in [1.807, 2.05) is 29.2 Å². The Morgan fingerprint density at radius 3 is 2.37 bits per heavy atom. The number of unbranched alkanes of at least 4 members (excludes halogenated alkanes) is 2. The molecule has 1 aromatic rings. The van der Waals surface area contributed by atoms with Crippen molar-refractivity contribution in [3.63, 3.8) is 0 Å². The fraction of sp³-hybridized carbons (Fsp3) is 0.619. The Kier molecular flexibility index (Phi) is 12.1. The molecule has 2 N–H and O–H groups in total. The van der Waals surface area contributed by atoms with Crippen LogP contribution in [-0.2, 0) is 6.54 Å². The summed E-state index contributed by atoms with van der Waals surface area (Å²) in [7, 11) is 0. The molecule has 1 aliphatic heterocycles. The van der Waals surface area contributed by atoms with Crippen molar-refractivity contribution in [3.05, 3.63) is 35.4 Å². The monoisotopic (exact) mass is 486 g/mol. The van der Waals surface area contributed by atoms with Gasteiger partial charge in [-0.05, 0) is 50.3 Å². The van der Waals surface area contributed by atoms with Crippen LogP contribution in [0, 0.1) is 0 Å². The molecule has 0 saturated carbocycles. The SMILES string of the molecule is CCCCCNC(=NCc1ccc(C(=O)N2CCCCC2)cc1)NCC.I. The van der Waals surface area contributed by atoms with Gasteiger partial charge in [0.1, 0.15) is 0 Å². The number of nitrogens with zero attached hydrogens (tertiary/aromatic N) is 2. The quantitative estimate of drug-likeness (QED) is 0.251. The third-order valence-electron chi connectivity index (χ3n) is 4.68. The highest BCUT2D eigenvalue weighted by atomic mass is 127. The summed E-state index contributed by atoms with van der Waals surface area (Å²) in [4.78, 5) is 19.1. The van der Waals surface area contributed by atoms with Gasteiger partial charge < -0.3 is 15.5 Å². The Morgan fingerprint density at radius 1 is 1.04 bits per heavy atom. The Labute approximate surface area is 181 Å². The summed E-state index contributed by atoms with van der Waals surface area (Å²) in [5.74, 6) is 1.02. The van der Waals surface area contributed by atoms with E-state index in [0.717, 1.165) is 62.5 Å². The number of hydrogen-bond donors (Lipinski definition) is 2. The molecule has 152 valence electrons. The maximum Gasteiger partial charge on any atom is 0.253 e. The van der Waals surface area contributed by atoms with Crippen LogP contribution in [-0.4, -0.2) is 42.9 Å². The molecule has 27 heavy (non-hydrogen) atoms. The normalized spacial score (nSPS) is 14.4. The highest BCUT2D eigenvalue weighted by Crippen LogP contribution is 2.14. The maximum absolute atomic E-state index is 12.5. The number of carbonyl (C=O) groups is 1. The van der Waals surface area contributed by atoms with Gasteiger partial charge >= 0.3 is 0 Å². The molecule has 1 saturated heterocycles. The van der Waals surface area contributed by atoms with Gasteiger partial charge in [0.25, 0.3) is 5.91 Å². The third kappa shape index (κ3) is 8.49. The van der Waals surface area contributed by atoms with E-state index in [1.165, 1.54) is 19.3 Å². The maximum atomic E-state index is 12.5. The average Bonchev–Trinajstić information content (AvgIpc) is 2.70. The first-order valence-electron chi connectivity index (χ1n) is 10.1. The van der Waals surface area contributed by atoms with Gasteiger partial charge in [-0.3, -0.25) is 4.79 Å². The highest BCUT2D eigenvalue weighted by molar-refractivity contribution is 14.0. The number of hydrogen-bond acceptors (Lipinski definition) is 2. The molecular weight excluding hydrogens is 451 g/mol. The zero-order valence-electron chi connectivity index (χ0n) is 16.8. The van der Waals surface area contributed by atoms with E-state index in [4.69, 9.17) is 0 Å². The molecule has 1 aromatic carbocycles. The first kappa shape index (κ1) is 23.7. The van der Waals surface area contributed by atoms with Gasteiger partial charge in [-0.2, -0.15) is 0 Å². The minimum atomic E-state index is 0. The van der Waals surface area contributed by atoms with Crippen LogP contribution in [0.4, 0.5) is 0 Å². The van der Waals surface area contributed by atoms with Gasteiger partial charge in [-0.25, -0.2) is 4.99 Å². The molecule has 0 spiro atoms. The van der Waals surface area contributed by atoms with Crippen LogP contribution in [0.1, 0.15) is 68.3 Å². The van der Waals surface area contributed by atoms with E-state index in [1.54, 1.807) is 0 Å². The summed E-state index contributed by atoms with van der Waals surface area (Å²) < 4.78 is 0. The molecule has 1 heterocycles. The molecule has 1 aliphatic rings. The van der Waals surface area contributed by atoms with Crippen molar-refractivity contribution in [2.24, 2.45) is 4.99 Å².